The van der Waals surface area contributed by atoms with Gasteiger partial charge in [0.1, 0.15) is 11.9 Å². The summed E-state index contributed by atoms with van der Waals surface area (Å²) in [7, 11) is 0. The largest absolute Gasteiger partial charge is 0.490 e. The molecule has 2 aromatic carbocycles. The Hall–Kier alpha value is -3.26. The molecule has 0 aliphatic carbocycles. The second-order valence-electron chi connectivity index (χ2n) is 9.15. The fourth-order valence-corrected chi connectivity index (χ4v) is 4.83. The van der Waals surface area contributed by atoms with E-state index >= 15 is 0 Å². The fourth-order valence-electron chi connectivity index (χ4n) is 4.83. The summed E-state index contributed by atoms with van der Waals surface area (Å²) in [5.74, 6) is 2.53. The molecule has 3 aliphatic rings. The molecule has 0 bridgehead atoms. The molecule has 34 heavy (non-hydrogen) atoms. The Labute approximate surface area is 199 Å². The summed E-state index contributed by atoms with van der Waals surface area (Å²) in [6.07, 6.45) is 3.44. The Morgan fingerprint density at radius 3 is 2.44 bits per heavy atom. The van der Waals surface area contributed by atoms with Crippen LogP contribution in [0, 0.1) is 0 Å². The van der Waals surface area contributed by atoms with Crippen molar-refractivity contribution < 1.29 is 23.8 Å². The molecule has 5 rings (SSSR count). The van der Waals surface area contributed by atoms with Gasteiger partial charge in [-0.15, -0.1) is 0 Å². The maximum Gasteiger partial charge on any atom is 0.231 e. The van der Waals surface area contributed by atoms with E-state index in [0.717, 1.165) is 73.9 Å². The number of amides is 2. The van der Waals surface area contributed by atoms with Crippen LogP contribution in [-0.4, -0.2) is 60.7 Å². The minimum Gasteiger partial charge on any atom is -0.490 e. The summed E-state index contributed by atoms with van der Waals surface area (Å²) in [5, 5.41) is 2.76. The van der Waals surface area contributed by atoms with Crippen molar-refractivity contribution in [3.63, 3.8) is 0 Å². The van der Waals surface area contributed by atoms with Crippen LogP contribution in [0.5, 0.6) is 17.2 Å². The Morgan fingerprint density at radius 1 is 1.03 bits per heavy atom. The average Bonchev–Trinajstić information content (AvgIpc) is 3.30. The lowest BCUT2D eigenvalue weighted by Crippen LogP contribution is -2.41. The predicted octanol–water partition coefficient (Wildman–Crippen LogP) is 3.19. The van der Waals surface area contributed by atoms with Crippen LogP contribution in [0.25, 0.3) is 0 Å². The SMILES string of the molecule is CC(=O)Nc1ccc(OC2CCN(CCC(=O)N3CCc4cc5c(cc4C3)OCO5)CC2)cc1. The normalized spacial score (nSPS) is 17.9. The van der Waals surface area contributed by atoms with E-state index in [0.29, 0.717) is 13.0 Å². The quantitative estimate of drug-likeness (QED) is 0.706. The number of likely N-dealkylation sites (tertiary alicyclic amines) is 1. The molecule has 0 unspecified atom stereocenters. The number of anilines is 1. The number of ether oxygens (including phenoxy) is 3. The van der Waals surface area contributed by atoms with E-state index in [1.54, 1.807) is 0 Å². The third-order valence-electron chi connectivity index (χ3n) is 6.71. The topological polar surface area (TPSA) is 80.3 Å². The van der Waals surface area contributed by atoms with Gasteiger partial charge in [-0.2, -0.15) is 0 Å². The number of rotatable bonds is 6. The molecular formula is C26H31N3O5. The van der Waals surface area contributed by atoms with E-state index in [9.17, 15) is 9.59 Å². The summed E-state index contributed by atoms with van der Waals surface area (Å²) >= 11 is 0. The monoisotopic (exact) mass is 465 g/mol. The van der Waals surface area contributed by atoms with Crippen LogP contribution in [0.4, 0.5) is 5.69 Å². The van der Waals surface area contributed by atoms with E-state index < -0.39 is 0 Å². The molecule has 2 amide bonds. The number of fused-ring (bicyclic) bond motifs is 2. The Balaban J connectivity index is 1.05. The van der Waals surface area contributed by atoms with Crippen molar-refractivity contribution in [1.82, 2.24) is 9.80 Å². The van der Waals surface area contributed by atoms with E-state index in [1.807, 2.05) is 35.2 Å². The Kier molecular flexibility index (Phi) is 6.58. The van der Waals surface area contributed by atoms with Crippen molar-refractivity contribution in [3.05, 3.63) is 47.5 Å². The standard InChI is InChI=1S/C26H31N3O5/c1-18(30)27-21-2-4-22(5-3-21)34-23-7-10-28(11-8-23)12-9-26(31)29-13-6-19-14-24-25(33-17-32-24)15-20(19)16-29/h2-5,14-15,23H,6-13,16-17H2,1H3,(H,27,30). The second-order valence-corrected chi connectivity index (χ2v) is 9.15. The summed E-state index contributed by atoms with van der Waals surface area (Å²) in [4.78, 5) is 28.3. The summed E-state index contributed by atoms with van der Waals surface area (Å²) in [6.45, 7) is 5.79. The number of carbonyl (C=O) groups is 2. The highest BCUT2D eigenvalue weighted by atomic mass is 16.7. The number of nitrogens with zero attached hydrogens (tertiary/aromatic N) is 2. The van der Waals surface area contributed by atoms with E-state index in [1.165, 1.54) is 12.5 Å². The van der Waals surface area contributed by atoms with Crippen LogP contribution in [0.15, 0.2) is 36.4 Å². The average molecular weight is 466 g/mol. The van der Waals surface area contributed by atoms with Crippen LogP contribution in [0.3, 0.4) is 0 Å². The highest BCUT2D eigenvalue weighted by Gasteiger charge is 2.26. The predicted molar refractivity (Wildman–Crippen MR) is 127 cm³/mol. The molecule has 1 N–H and O–H groups in total. The smallest absolute Gasteiger partial charge is 0.231 e. The lowest BCUT2D eigenvalue weighted by atomic mass is 9.98. The van der Waals surface area contributed by atoms with Gasteiger partial charge in [0, 0.05) is 51.8 Å². The van der Waals surface area contributed by atoms with Crippen molar-refractivity contribution in [3.8, 4) is 17.2 Å². The lowest BCUT2D eigenvalue weighted by Gasteiger charge is -2.33. The van der Waals surface area contributed by atoms with Crippen LogP contribution in [0.1, 0.15) is 37.3 Å². The van der Waals surface area contributed by atoms with Crippen molar-refractivity contribution in [2.24, 2.45) is 0 Å². The first-order valence-electron chi connectivity index (χ1n) is 12.0. The molecule has 0 atom stereocenters. The molecule has 0 saturated carbocycles. The molecule has 8 heteroatoms. The van der Waals surface area contributed by atoms with Gasteiger partial charge in [0.05, 0.1) is 0 Å². The fraction of sp³-hybridized carbons (Fsp3) is 0.462. The first-order valence-corrected chi connectivity index (χ1v) is 12.0. The second kappa shape index (κ2) is 9.93. The molecule has 0 radical (unpaired) electrons. The molecule has 0 spiro atoms. The zero-order valence-electron chi connectivity index (χ0n) is 19.5. The molecule has 3 aliphatic heterocycles. The highest BCUT2D eigenvalue weighted by Crippen LogP contribution is 2.36. The van der Waals surface area contributed by atoms with Crippen LogP contribution < -0.4 is 19.5 Å². The maximum absolute atomic E-state index is 12.9. The van der Waals surface area contributed by atoms with Gasteiger partial charge in [0.25, 0.3) is 0 Å². The number of hydrogen-bond donors (Lipinski definition) is 1. The number of benzene rings is 2. The molecule has 1 saturated heterocycles. The number of hydrogen-bond acceptors (Lipinski definition) is 6. The number of carbonyl (C=O) groups excluding carboxylic acids is 2. The summed E-state index contributed by atoms with van der Waals surface area (Å²) < 4.78 is 17.1. The van der Waals surface area contributed by atoms with Crippen LogP contribution >= 0.6 is 0 Å². The van der Waals surface area contributed by atoms with Crippen LogP contribution in [0.2, 0.25) is 0 Å². The van der Waals surface area contributed by atoms with Gasteiger partial charge in [-0.25, -0.2) is 0 Å². The highest BCUT2D eigenvalue weighted by molar-refractivity contribution is 5.88. The minimum absolute atomic E-state index is 0.0857. The van der Waals surface area contributed by atoms with Crippen LogP contribution in [-0.2, 0) is 22.6 Å². The molecule has 3 heterocycles. The van der Waals surface area contributed by atoms with Gasteiger partial charge in [0.2, 0.25) is 18.6 Å². The van der Waals surface area contributed by atoms with E-state index in [4.69, 9.17) is 14.2 Å². The number of nitrogens with one attached hydrogen (secondary N) is 1. The van der Waals surface area contributed by atoms with Gasteiger partial charge < -0.3 is 29.3 Å². The molecule has 180 valence electrons. The summed E-state index contributed by atoms with van der Waals surface area (Å²) in [6, 6.07) is 11.6. The first kappa shape index (κ1) is 22.5. The van der Waals surface area contributed by atoms with Gasteiger partial charge in [-0.1, -0.05) is 0 Å². The van der Waals surface area contributed by atoms with Gasteiger partial charge in [-0.3, -0.25) is 9.59 Å². The molecule has 0 aromatic heterocycles. The molecule has 8 nitrogen and oxygen atoms in total. The Morgan fingerprint density at radius 2 is 1.74 bits per heavy atom. The zero-order chi connectivity index (χ0) is 23.5. The van der Waals surface area contributed by atoms with E-state index in [-0.39, 0.29) is 24.7 Å². The van der Waals surface area contributed by atoms with E-state index in [2.05, 4.69) is 16.3 Å². The third-order valence-corrected chi connectivity index (χ3v) is 6.71. The summed E-state index contributed by atoms with van der Waals surface area (Å²) in [5.41, 5.74) is 3.18. The van der Waals surface area contributed by atoms with Crippen molar-refractivity contribution in [1.29, 1.82) is 0 Å². The van der Waals surface area contributed by atoms with Gasteiger partial charge in [-0.05, 0) is 66.8 Å². The Bertz CT molecular complexity index is 1050. The lowest BCUT2D eigenvalue weighted by molar-refractivity contribution is -0.132. The molecular weight excluding hydrogens is 434 g/mol. The maximum atomic E-state index is 12.9. The third kappa shape index (κ3) is 5.28. The van der Waals surface area contributed by atoms with Gasteiger partial charge in [0.15, 0.2) is 11.5 Å². The molecule has 1 fully saturated rings. The van der Waals surface area contributed by atoms with Gasteiger partial charge >= 0.3 is 0 Å². The minimum atomic E-state index is -0.0857. The zero-order valence-corrected chi connectivity index (χ0v) is 19.5. The first-order chi connectivity index (χ1) is 16.5. The number of piperidine rings is 1. The van der Waals surface area contributed by atoms with Crippen molar-refractivity contribution in [2.75, 3.05) is 38.3 Å². The molecule has 2 aromatic rings. The van der Waals surface area contributed by atoms with Crippen molar-refractivity contribution in [2.45, 2.75) is 45.3 Å². The van der Waals surface area contributed by atoms with Crippen molar-refractivity contribution >= 4 is 17.5 Å².